The first-order valence-electron chi connectivity index (χ1n) is 9.11. The number of rotatable bonds is 5. The third-order valence-electron chi connectivity index (χ3n) is 5.03. The van der Waals surface area contributed by atoms with E-state index in [0.717, 1.165) is 19.3 Å². The van der Waals surface area contributed by atoms with Crippen molar-refractivity contribution in [3.8, 4) is 0 Å². The number of nitrogens with one attached hydrogen (secondary N) is 2. The predicted octanol–water partition coefficient (Wildman–Crippen LogP) is 3.21. The van der Waals surface area contributed by atoms with Crippen molar-refractivity contribution >= 4 is 29.0 Å². The molecule has 0 spiro atoms. The number of halogens is 1. The van der Waals surface area contributed by atoms with Crippen molar-refractivity contribution in [2.24, 2.45) is 7.05 Å². The van der Waals surface area contributed by atoms with Gasteiger partial charge < -0.3 is 15.7 Å². The van der Waals surface area contributed by atoms with Crippen LogP contribution < -0.4 is 16.2 Å². The molecule has 0 saturated heterocycles. The molecule has 0 unspecified atom stereocenters. The summed E-state index contributed by atoms with van der Waals surface area (Å²) in [6.45, 7) is 0.215. The summed E-state index contributed by atoms with van der Waals surface area (Å²) in [5, 5.41) is 16.8. The highest BCUT2D eigenvalue weighted by molar-refractivity contribution is 6.34. The van der Waals surface area contributed by atoms with Crippen LogP contribution in [0.15, 0.2) is 41.2 Å². The van der Waals surface area contributed by atoms with E-state index in [2.05, 4.69) is 10.6 Å². The molecule has 7 heteroatoms. The maximum absolute atomic E-state index is 12.6. The Morgan fingerprint density at radius 3 is 2.70 bits per heavy atom. The van der Waals surface area contributed by atoms with Crippen LogP contribution in [0.2, 0.25) is 5.02 Å². The summed E-state index contributed by atoms with van der Waals surface area (Å²) < 4.78 is 1.48. The Balaban J connectivity index is 1.73. The molecule has 1 fully saturated rings. The summed E-state index contributed by atoms with van der Waals surface area (Å²) in [7, 11) is 1.67. The average molecular weight is 390 g/mol. The third-order valence-corrected chi connectivity index (χ3v) is 5.36. The van der Waals surface area contributed by atoms with Crippen molar-refractivity contribution < 1.29 is 9.90 Å². The Kier molecular flexibility index (Phi) is 5.87. The molecule has 3 N–H and O–H groups in total. The number of benzene rings is 1. The first-order valence-corrected chi connectivity index (χ1v) is 9.49. The van der Waals surface area contributed by atoms with Crippen LogP contribution in [0.1, 0.15) is 42.5 Å². The highest BCUT2D eigenvalue weighted by Crippen LogP contribution is 2.28. The SMILES string of the molecule is Cn1c(Nc2ccc(Cl)c(C(=O)NCC3(O)CCCCC3)c2)cccc1=O. The summed E-state index contributed by atoms with van der Waals surface area (Å²) in [6, 6.07) is 9.93. The van der Waals surface area contributed by atoms with Gasteiger partial charge in [-0.05, 0) is 37.1 Å². The van der Waals surface area contributed by atoms with Crippen molar-refractivity contribution in [3.05, 3.63) is 57.3 Å². The van der Waals surface area contributed by atoms with E-state index in [0.29, 0.717) is 34.9 Å². The lowest BCUT2D eigenvalue weighted by atomic mass is 9.85. The molecule has 6 nitrogen and oxygen atoms in total. The summed E-state index contributed by atoms with van der Waals surface area (Å²) in [5.74, 6) is 0.275. The van der Waals surface area contributed by atoms with Crippen LogP contribution in [0.4, 0.5) is 11.5 Å². The zero-order valence-corrected chi connectivity index (χ0v) is 16.1. The van der Waals surface area contributed by atoms with E-state index in [9.17, 15) is 14.7 Å². The van der Waals surface area contributed by atoms with Crippen molar-refractivity contribution in [1.82, 2.24) is 9.88 Å². The van der Waals surface area contributed by atoms with Crippen molar-refractivity contribution in [3.63, 3.8) is 0 Å². The Bertz CT molecular complexity index is 888. The molecule has 0 bridgehead atoms. The molecule has 1 saturated carbocycles. The number of nitrogens with zero attached hydrogens (tertiary/aromatic N) is 1. The van der Waals surface area contributed by atoms with Gasteiger partial charge in [0.25, 0.3) is 11.5 Å². The largest absolute Gasteiger partial charge is 0.388 e. The summed E-state index contributed by atoms with van der Waals surface area (Å²) in [5.41, 5.74) is -0.00440. The average Bonchev–Trinajstić information content (AvgIpc) is 2.66. The Hall–Kier alpha value is -2.31. The van der Waals surface area contributed by atoms with E-state index in [1.807, 2.05) is 0 Å². The fourth-order valence-corrected chi connectivity index (χ4v) is 3.54. The molecule has 27 heavy (non-hydrogen) atoms. The second-order valence-electron chi connectivity index (χ2n) is 7.10. The fraction of sp³-hybridized carbons (Fsp3) is 0.400. The number of aliphatic hydroxyl groups is 1. The van der Waals surface area contributed by atoms with Crippen LogP contribution in [0.3, 0.4) is 0 Å². The molecule has 1 heterocycles. The number of amides is 1. The normalized spacial score (nSPS) is 16.0. The lowest BCUT2D eigenvalue weighted by Gasteiger charge is -2.32. The van der Waals surface area contributed by atoms with Gasteiger partial charge in [-0.1, -0.05) is 36.9 Å². The monoisotopic (exact) mass is 389 g/mol. The van der Waals surface area contributed by atoms with Gasteiger partial charge >= 0.3 is 0 Å². The Labute approximate surface area is 163 Å². The smallest absolute Gasteiger partial charge is 0.252 e. The van der Waals surface area contributed by atoms with E-state index in [1.165, 1.54) is 10.6 Å². The summed E-state index contributed by atoms with van der Waals surface area (Å²) in [6.07, 6.45) is 4.47. The van der Waals surface area contributed by atoms with Gasteiger partial charge in [-0.2, -0.15) is 0 Å². The van der Waals surface area contributed by atoms with Gasteiger partial charge in [0, 0.05) is 25.3 Å². The molecule has 2 aromatic rings. The second-order valence-corrected chi connectivity index (χ2v) is 7.50. The molecule has 3 rings (SSSR count). The Morgan fingerprint density at radius 1 is 1.22 bits per heavy atom. The van der Waals surface area contributed by atoms with Crippen molar-refractivity contribution in [2.45, 2.75) is 37.7 Å². The van der Waals surface area contributed by atoms with E-state index in [4.69, 9.17) is 11.6 Å². The molecule has 144 valence electrons. The quantitative estimate of drug-likeness (QED) is 0.733. The third kappa shape index (κ3) is 4.70. The van der Waals surface area contributed by atoms with Gasteiger partial charge in [0.1, 0.15) is 5.82 Å². The number of hydrogen-bond acceptors (Lipinski definition) is 4. The molecular weight excluding hydrogens is 366 g/mol. The van der Waals surface area contributed by atoms with E-state index in [1.54, 1.807) is 37.4 Å². The summed E-state index contributed by atoms with van der Waals surface area (Å²) in [4.78, 5) is 24.3. The number of carbonyl (C=O) groups is 1. The number of carbonyl (C=O) groups excluding carboxylic acids is 1. The minimum Gasteiger partial charge on any atom is -0.388 e. The minimum atomic E-state index is -0.835. The maximum atomic E-state index is 12.6. The summed E-state index contributed by atoms with van der Waals surface area (Å²) >= 11 is 6.20. The van der Waals surface area contributed by atoms with Crippen molar-refractivity contribution in [2.75, 3.05) is 11.9 Å². The fourth-order valence-electron chi connectivity index (χ4n) is 3.34. The van der Waals surface area contributed by atoms with Gasteiger partial charge in [0.15, 0.2) is 0 Å². The second kappa shape index (κ2) is 8.15. The van der Waals surface area contributed by atoms with Gasteiger partial charge in [-0.3, -0.25) is 14.2 Å². The molecule has 0 atom stereocenters. The molecule has 1 amide bonds. The first kappa shape index (κ1) is 19.5. The van der Waals surface area contributed by atoms with E-state index >= 15 is 0 Å². The van der Waals surface area contributed by atoms with Gasteiger partial charge in [-0.25, -0.2) is 0 Å². The lowest BCUT2D eigenvalue weighted by molar-refractivity contribution is 0.00526. The van der Waals surface area contributed by atoms with Crippen LogP contribution in [0, 0.1) is 0 Å². The van der Waals surface area contributed by atoms with Crippen LogP contribution >= 0.6 is 11.6 Å². The van der Waals surface area contributed by atoms with Gasteiger partial charge in [-0.15, -0.1) is 0 Å². The van der Waals surface area contributed by atoms with Crippen LogP contribution in [-0.2, 0) is 7.05 Å². The first-order chi connectivity index (χ1) is 12.9. The molecule has 1 aliphatic rings. The topological polar surface area (TPSA) is 83.4 Å². The Morgan fingerprint density at radius 2 is 1.96 bits per heavy atom. The number of pyridine rings is 1. The van der Waals surface area contributed by atoms with Crippen LogP contribution in [0.5, 0.6) is 0 Å². The molecule has 0 aliphatic heterocycles. The predicted molar refractivity (Wildman–Crippen MR) is 107 cm³/mol. The van der Waals surface area contributed by atoms with Crippen LogP contribution in [0.25, 0.3) is 0 Å². The number of anilines is 2. The minimum absolute atomic E-state index is 0.132. The lowest BCUT2D eigenvalue weighted by Crippen LogP contribution is -2.44. The molecular formula is C20H24ClN3O3. The maximum Gasteiger partial charge on any atom is 0.252 e. The standard InChI is InChI=1S/C20H24ClN3O3/c1-24-17(6-5-7-18(24)25)23-14-8-9-16(21)15(12-14)19(26)22-13-20(27)10-3-2-4-11-20/h5-9,12,23,27H,2-4,10-11,13H2,1H3,(H,22,26). The van der Waals surface area contributed by atoms with E-state index < -0.39 is 5.60 Å². The van der Waals surface area contributed by atoms with Gasteiger partial charge in [0.05, 0.1) is 16.2 Å². The molecule has 0 radical (unpaired) electrons. The number of hydrogen-bond donors (Lipinski definition) is 3. The zero-order chi connectivity index (χ0) is 19.4. The highest BCUT2D eigenvalue weighted by atomic mass is 35.5. The zero-order valence-electron chi connectivity index (χ0n) is 15.3. The number of aromatic nitrogens is 1. The highest BCUT2D eigenvalue weighted by Gasteiger charge is 2.29. The van der Waals surface area contributed by atoms with Crippen LogP contribution in [-0.4, -0.2) is 27.7 Å². The molecule has 1 aromatic heterocycles. The van der Waals surface area contributed by atoms with E-state index in [-0.39, 0.29) is 18.0 Å². The molecule has 1 aliphatic carbocycles. The molecule has 1 aromatic carbocycles. The van der Waals surface area contributed by atoms with Crippen molar-refractivity contribution in [1.29, 1.82) is 0 Å². The van der Waals surface area contributed by atoms with Gasteiger partial charge in [0.2, 0.25) is 0 Å².